The van der Waals surface area contributed by atoms with Gasteiger partial charge in [0.25, 0.3) is 0 Å². The predicted molar refractivity (Wildman–Crippen MR) is 73.7 cm³/mol. The Morgan fingerprint density at radius 2 is 1.89 bits per heavy atom. The summed E-state index contributed by atoms with van der Waals surface area (Å²) >= 11 is 0. The lowest BCUT2D eigenvalue weighted by Gasteiger charge is -2.23. The van der Waals surface area contributed by atoms with Crippen molar-refractivity contribution in [1.29, 1.82) is 0 Å². The summed E-state index contributed by atoms with van der Waals surface area (Å²) in [6, 6.07) is 8.50. The van der Waals surface area contributed by atoms with E-state index >= 15 is 0 Å². The number of fused-ring (bicyclic) bond motifs is 1. The molecular formula is C16H23NO. The molecule has 2 unspecified atom stereocenters. The fourth-order valence-electron chi connectivity index (χ4n) is 3.66. The first-order valence-electron chi connectivity index (χ1n) is 7.20. The number of hydrogen-bond donors (Lipinski definition) is 0. The highest BCUT2D eigenvalue weighted by Gasteiger charge is 2.33. The third-order valence-corrected chi connectivity index (χ3v) is 4.59. The molecule has 0 N–H and O–H groups in total. The van der Waals surface area contributed by atoms with E-state index in [1.807, 2.05) is 6.07 Å². The molecule has 0 amide bonds. The third kappa shape index (κ3) is 2.54. The highest BCUT2D eigenvalue weighted by molar-refractivity contribution is 5.28. The van der Waals surface area contributed by atoms with Gasteiger partial charge in [0.1, 0.15) is 5.75 Å². The SMILES string of the molecule is COc1cccc(CN2CC3CCCCC3C2)c1. The molecule has 1 aliphatic heterocycles. The van der Waals surface area contributed by atoms with Crippen LogP contribution in [0.1, 0.15) is 31.2 Å². The van der Waals surface area contributed by atoms with Gasteiger partial charge in [-0.3, -0.25) is 4.90 Å². The van der Waals surface area contributed by atoms with E-state index in [0.717, 1.165) is 24.1 Å². The standard InChI is InChI=1S/C16H23NO/c1-18-16-8-4-5-13(9-16)10-17-11-14-6-2-3-7-15(14)12-17/h4-5,8-9,14-15H,2-3,6-7,10-12H2,1H3. The van der Waals surface area contributed by atoms with Gasteiger partial charge in [0.15, 0.2) is 0 Å². The van der Waals surface area contributed by atoms with Gasteiger partial charge in [-0.1, -0.05) is 25.0 Å². The van der Waals surface area contributed by atoms with Gasteiger partial charge in [0.05, 0.1) is 7.11 Å². The maximum atomic E-state index is 5.30. The van der Waals surface area contributed by atoms with E-state index in [-0.39, 0.29) is 0 Å². The Labute approximate surface area is 110 Å². The molecule has 18 heavy (non-hydrogen) atoms. The molecule has 1 saturated carbocycles. The second kappa shape index (κ2) is 5.31. The molecule has 1 aromatic rings. The number of benzene rings is 1. The molecule has 2 fully saturated rings. The minimum absolute atomic E-state index is 0.976. The zero-order chi connectivity index (χ0) is 12.4. The number of likely N-dealkylation sites (tertiary alicyclic amines) is 1. The van der Waals surface area contributed by atoms with Crippen LogP contribution >= 0.6 is 0 Å². The van der Waals surface area contributed by atoms with Crippen LogP contribution in [0.3, 0.4) is 0 Å². The van der Waals surface area contributed by atoms with E-state index in [4.69, 9.17) is 4.74 Å². The number of ether oxygens (including phenoxy) is 1. The van der Waals surface area contributed by atoms with Crippen LogP contribution in [-0.4, -0.2) is 25.1 Å². The van der Waals surface area contributed by atoms with E-state index in [0.29, 0.717) is 0 Å². The Morgan fingerprint density at radius 3 is 2.56 bits per heavy atom. The van der Waals surface area contributed by atoms with Crippen molar-refractivity contribution >= 4 is 0 Å². The minimum Gasteiger partial charge on any atom is -0.497 e. The molecule has 2 aliphatic rings. The third-order valence-electron chi connectivity index (χ3n) is 4.59. The van der Waals surface area contributed by atoms with Crippen molar-refractivity contribution in [2.24, 2.45) is 11.8 Å². The van der Waals surface area contributed by atoms with Gasteiger partial charge < -0.3 is 4.74 Å². The Bertz CT molecular complexity index is 390. The second-order valence-electron chi connectivity index (χ2n) is 5.85. The lowest BCUT2D eigenvalue weighted by atomic mass is 9.82. The topological polar surface area (TPSA) is 12.5 Å². The van der Waals surface area contributed by atoms with E-state index in [1.54, 1.807) is 7.11 Å². The first kappa shape index (κ1) is 12.0. The summed E-state index contributed by atoms with van der Waals surface area (Å²) in [4.78, 5) is 2.63. The van der Waals surface area contributed by atoms with Crippen LogP contribution in [0.2, 0.25) is 0 Å². The van der Waals surface area contributed by atoms with Gasteiger partial charge in [-0.25, -0.2) is 0 Å². The van der Waals surface area contributed by atoms with Crippen LogP contribution in [0.5, 0.6) is 5.75 Å². The zero-order valence-electron chi connectivity index (χ0n) is 11.3. The predicted octanol–water partition coefficient (Wildman–Crippen LogP) is 3.32. The first-order chi connectivity index (χ1) is 8.85. The summed E-state index contributed by atoms with van der Waals surface area (Å²) in [5.74, 6) is 2.93. The Kier molecular flexibility index (Phi) is 3.55. The largest absolute Gasteiger partial charge is 0.497 e. The van der Waals surface area contributed by atoms with Gasteiger partial charge in [0.2, 0.25) is 0 Å². The van der Waals surface area contributed by atoms with Crippen molar-refractivity contribution in [2.45, 2.75) is 32.2 Å². The maximum Gasteiger partial charge on any atom is 0.119 e. The number of hydrogen-bond acceptors (Lipinski definition) is 2. The first-order valence-corrected chi connectivity index (χ1v) is 7.20. The molecule has 2 atom stereocenters. The monoisotopic (exact) mass is 245 g/mol. The molecular weight excluding hydrogens is 222 g/mol. The molecule has 0 bridgehead atoms. The molecule has 0 spiro atoms. The molecule has 1 heterocycles. The summed E-state index contributed by atoms with van der Waals surface area (Å²) in [6.07, 6.45) is 5.82. The van der Waals surface area contributed by atoms with Crippen molar-refractivity contribution in [3.63, 3.8) is 0 Å². The normalized spacial score (nSPS) is 28.1. The van der Waals surface area contributed by atoms with Gasteiger partial charge in [-0.2, -0.15) is 0 Å². The Hall–Kier alpha value is -1.02. The van der Waals surface area contributed by atoms with Crippen LogP contribution in [0, 0.1) is 11.8 Å². The van der Waals surface area contributed by atoms with E-state index in [2.05, 4.69) is 23.1 Å². The lowest BCUT2D eigenvalue weighted by Crippen LogP contribution is -2.20. The summed E-state index contributed by atoms with van der Waals surface area (Å²) < 4.78 is 5.30. The summed E-state index contributed by atoms with van der Waals surface area (Å²) in [5.41, 5.74) is 1.38. The molecule has 2 nitrogen and oxygen atoms in total. The summed E-state index contributed by atoms with van der Waals surface area (Å²) in [5, 5.41) is 0. The molecule has 1 saturated heterocycles. The average Bonchev–Trinajstić information content (AvgIpc) is 2.81. The summed E-state index contributed by atoms with van der Waals surface area (Å²) in [7, 11) is 1.74. The van der Waals surface area contributed by atoms with Gasteiger partial charge >= 0.3 is 0 Å². The Morgan fingerprint density at radius 1 is 1.17 bits per heavy atom. The molecule has 0 aromatic heterocycles. The van der Waals surface area contributed by atoms with Crippen LogP contribution in [0.15, 0.2) is 24.3 Å². The number of methoxy groups -OCH3 is 1. The molecule has 3 rings (SSSR count). The van der Waals surface area contributed by atoms with Crippen molar-refractivity contribution in [2.75, 3.05) is 20.2 Å². The Balaban J connectivity index is 1.63. The van der Waals surface area contributed by atoms with E-state index < -0.39 is 0 Å². The highest BCUT2D eigenvalue weighted by atomic mass is 16.5. The van der Waals surface area contributed by atoms with Gasteiger partial charge in [0, 0.05) is 19.6 Å². The van der Waals surface area contributed by atoms with E-state index in [1.165, 1.54) is 44.3 Å². The highest BCUT2D eigenvalue weighted by Crippen LogP contribution is 2.36. The number of rotatable bonds is 3. The summed E-state index contributed by atoms with van der Waals surface area (Å²) in [6.45, 7) is 3.70. The fourth-order valence-corrected chi connectivity index (χ4v) is 3.66. The van der Waals surface area contributed by atoms with Crippen molar-refractivity contribution < 1.29 is 4.74 Å². The molecule has 1 aromatic carbocycles. The maximum absolute atomic E-state index is 5.30. The number of nitrogens with zero attached hydrogens (tertiary/aromatic N) is 1. The van der Waals surface area contributed by atoms with Crippen molar-refractivity contribution in [1.82, 2.24) is 4.90 Å². The van der Waals surface area contributed by atoms with Crippen LogP contribution < -0.4 is 4.74 Å². The average molecular weight is 245 g/mol. The van der Waals surface area contributed by atoms with Crippen LogP contribution in [0.25, 0.3) is 0 Å². The van der Waals surface area contributed by atoms with Crippen LogP contribution in [-0.2, 0) is 6.54 Å². The van der Waals surface area contributed by atoms with Gasteiger partial charge in [-0.05, 0) is 42.4 Å². The minimum atomic E-state index is 0.976. The van der Waals surface area contributed by atoms with Crippen molar-refractivity contribution in [3.05, 3.63) is 29.8 Å². The molecule has 2 heteroatoms. The molecule has 1 aliphatic carbocycles. The quantitative estimate of drug-likeness (QED) is 0.810. The zero-order valence-corrected chi connectivity index (χ0v) is 11.3. The fraction of sp³-hybridized carbons (Fsp3) is 0.625. The van der Waals surface area contributed by atoms with E-state index in [9.17, 15) is 0 Å². The second-order valence-corrected chi connectivity index (χ2v) is 5.85. The van der Waals surface area contributed by atoms with Gasteiger partial charge in [-0.15, -0.1) is 0 Å². The van der Waals surface area contributed by atoms with Crippen molar-refractivity contribution in [3.8, 4) is 5.75 Å². The molecule has 0 radical (unpaired) electrons. The van der Waals surface area contributed by atoms with Crippen LogP contribution in [0.4, 0.5) is 0 Å². The smallest absolute Gasteiger partial charge is 0.119 e. The molecule has 98 valence electrons. The lowest BCUT2D eigenvalue weighted by molar-refractivity contribution is 0.299.